The highest BCUT2D eigenvalue weighted by Crippen LogP contribution is 2.08. The molecule has 3 aromatic heterocycles. The van der Waals surface area contributed by atoms with Gasteiger partial charge in [0.25, 0.3) is 5.56 Å². The number of hydrogen-bond donors (Lipinski definition) is 1. The average Bonchev–Trinajstić information content (AvgIpc) is 2.77. The van der Waals surface area contributed by atoms with E-state index in [4.69, 9.17) is 11.6 Å². The van der Waals surface area contributed by atoms with Crippen molar-refractivity contribution in [3.63, 3.8) is 0 Å². The first-order valence-electron chi connectivity index (χ1n) is 5.96. The molecule has 20 heavy (non-hydrogen) atoms. The Balaban J connectivity index is 2.03. The Morgan fingerprint density at radius 3 is 2.85 bits per heavy atom. The van der Waals surface area contributed by atoms with E-state index in [0.29, 0.717) is 5.69 Å². The maximum Gasteiger partial charge on any atom is 0.328 e. The van der Waals surface area contributed by atoms with E-state index in [1.165, 1.54) is 10.8 Å². The van der Waals surface area contributed by atoms with Gasteiger partial charge in [-0.2, -0.15) is 0 Å². The zero-order valence-corrected chi connectivity index (χ0v) is 11.4. The average molecular weight is 291 g/mol. The van der Waals surface area contributed by atoms with Crippen molar-refractivity contribution >= 4 is 17.2 Å². The lowest BCUT2D eigenvalue weighted by molar-refractivity contribution is 0.709. The summed E-state index contributed by atoms with van der Waals surface area (Å²) < 4.78 is 3.21. The molecule has 3 rings (SSSR count). The monoisotopic (exact) mass is 290 g/mol. The highest BCUT2D eigenvalue weighted by molar-refractivity contribution is 6.30. The van der Waals surface area contributed by atoms with Gasteiger partial charge in [-0.25, -0.2) is 9.78 Å². The third-order valence-corrected chi connectivity index (χ3v) is 3.22. The van der Waals surface area contributed by atoms with Crippen LogP contribution in [0.25, 0.3) is 5.65 Å². The van der Waals surface area contributed by atoms with E-state index in [1.54, 1.807) is 0 Å². The van der Waals surface area contributed by atoms with Gasteiger partial charge in [-0.3, -0.25) is 14.3 Å². The van der Waals surface area contributed by atoms with Crippen molar-refractivity contribution in [1.29, 1.82) is 0 Å². The molecule has 0 amide bonds. The molecule has 3 aromatic rings. The number of H-pyrrole nitrogens is 1. The topological polar surface area (TPSA) is 72.2 Å². The van der Waals surface area contributed by atoms with E-state index < -0.39 is 11.2 Å². The molecule has 0 aliphatic heterocycles. The molecule has 102 valence electrons. The SMILES string of the molecule is Cc1ccc2nc(Cn3cc(Cl)c(=O)[nH]c3=O)cn2c1. The summed E-state index contributed by atoms with van der Waals surface area (Å²) in [5.41, 5.74) is 1.53. The standard InChI is InChI=1S/C13H11ClN4O2/c1-8-2-3-11-15-9(5-17(11)4-8)6-18-7-10(14)12(19)16-13(18)20/h2-5,7H,6H2,1H3,(H,16,19,20). The molecule has 0 atom stereocenters. The molecule has 0 unspecified atom stereocenters. The molecule has 0 spiro atoms. The van der Waals surface area contributed by atoms with Gasteiger partial charge in [0.05, 0.1) is 12.2 Å². The van der Waals surface area contributed by atoms with Crippen molar-refractivity contribution in [2.45, 2.75) is 13.5 Å². The number of rotatable bonds is 2. The molecular weight excluding hydrogens is 280 g/mol. The summed E-state index contributed by atoms with van der Waals surface area (Å²) in [4.78, 5) is 29.4. The van der Waals surface area contributed by atoms with Gasteiger partial charge >= 0.3 is 5.69 Å². The van der Waals surface area contributed by atoms with E-state index in [9.17, 15) is 9.59 Å². The molecule has 3 heterocycles. The molecule has 7 heteroatoms. The number of halogens is 1. The van der Waals surface area contributed by atoms with Crippen LogP contribution in [-0.4, -0.2) is 18.9 Å². The second-order valence-electron chi connectivity index (χ2n) is 4.57. The quantitative estimate of drug-likeness (QED) is 0.771. The number of fused-ring (bicyclic) bond motifs is 1. The van der Waals surface area contributed by atoms with Gasteiger partial charge in [0, 0.05) is 18.6 Å². The number of hydrogen-bond acceptors (Lipinski definition) is 3. The van der Waals surface area contributed by atoms with Gasteiger partial charge in [0.2, 0.25) is 0 Å². The fraction of sp³-hybridized carbons (Fsp3) is 0.154. The summed E-state index contributed by atoms with van der Waals surface area (Å²) in [6.07, 6.45) is 5.11. The Labute approximate surface area is 118 Å². The van der Waals surface area contributed by atoms with Crippen molar-refractivity contribution in [1.82, 2.24) is 18.9 Å². The van der Waals surface area contributed by atoms with Crippen LogP contribution in [0.5, 0.6) is 0 Å². The molecule has 0 aromatic carbocycles. The maximum atomic E-state index is 11.7. The molecule has 0 saturated heterocycles. The van der Waals surface area contributed by atoms with Crippen molar-refractivity contribution in [3.8, 4) is 0 Å². The normalized spacial score (nSPS) is 11.1. The van der Waals surface area contributed by atoms with Crippen LogP contribution < -0.4 is 11.2 Å². The van der Waals surface area contributed by atoms with Gasteiger partial charge in [-0.05, 0) is 18.6 Å². The highest BCUT2D eigenvalue weighted by atomic mass is 35.5. The van der Waals surface area contributed by atoms with E-state index in [-0.39, 0.29) is 11.6 Å². The second kappa shape index (κ2) is 4.64. The fourth-order valence-corrected chi connectivity index (χ4v) is 2.17. The molecule has 0 aliphatic rings. The smallest absolute Gasteiger partial charge is 0.306 e. The second-order valence-corrected chi connectivity index (χ2v) is 4.98. The summed E-state index contributed by atoms with van der Waals surface area (Å²) in [5, 5.41) is -0.0239. The fourth-order valence-electron chi connectivity index (χ4n) is 2.01. The van der Waals surface area contributed by atoms with E-state index >= 15 is 0 Å². The van der Waals surface area contributed by atoms with Crippen LogP contribution in [0.4, 0.5) is 0 Å². The zero-order valence-electron chi connectivity index (χ0n) is 10.6. The first-order valence-corrected chi connectivity index (χ1v) is 6.34. The van der Waals surface area contributed by atoms with Crippen LogP contribution in [0.3, 0.4) is 0 Å². The third-order valence-electron chi connectivity index (χ3n) is 2.95. The first kappa shape index (κ1) is 12.7. The van der Waals surface area contributed by atoms with Gasteiger partial charge < -0.3 is 4.40 Å². The summed E-state index contributed by atoms with van der Waals surface area (Å²) >= 11 is 5.72. The summed E-state index contributed by atoms with van der Waals surface area (Å²) in [7, 11) is 0. The zero-order chi connectivity index (χ0) is 14.3. The van der Waals surface area contributed by atoms with E-state index in [0.717, 1.165) is 11.2 Å². The number of aryl methyl sites for hydroxylation is 1. The Morgan fingerprint density at radius 1 is 1.25 bits per heavy atom. The van der Waals surface area contributed by atoms with Crippen LogP contribution in [0.15, 0.2) is 40.3 Å². The van der Waals surface area contributed by atoms with Crippen molar-refractivity contribution in [3.05, 3.63) is 67.8 Å². The first-order chi connectivity index (χ1) is 9.52. The molecular formula is C13H11ClN4O2. The third kappa shape index (κ3) is 2.25. The molecule has 6 nitrogen and oxygen atoms in total. The van der Waals surface area contributed by atoms with E-state index in [2.05, 4.69) is 9.97 Å². The Morgan fingerprint density at radius 2 is 2.05 bits per heavy atom. The van der Waals surface area contributed by atoms with Crippen LogP contribution in [0.1, 0.15) is 11.3 Å². The lowest BCUT2D eigenvalue weighted by Gasteiger charge is -2.01. The van der Waals surface area contributed by atoms with E-state index in [1.807, 2.05) is 35.9 Å². The van der Waals surface area contributed by atoms with Crippen molar-refractivity contribution in [2.24, 2.45) is 0 Å². The predicted molar refractivity (Wildman–Crippen MR) is 75.4 cm³/mol. The van der Waals surface area contributed by atoms with Gasteiger partial charge in [-0.1, -0.05) is 17.7 Å². The molecule has 0 aliphatic carbocycles. The van der Waals surface area contributed by atoms with Crippen LogP contribution >= 0.6 is 11.6 Å². The summed E-state index contributed by atoms with van der Waals surface area (Å²) in [6, 6.07) is 3.87. The number of nitrogens with one attached hydrogen (secondary N) is 1. The minimum absolute atomic E-state index is 0.0239. The summed E-state index contributed by atoms with van der Waals surface area (Å²) in [5.74, 6) is 0. The lowest BCUT2D eigenvalue weighted by atomic mass is 10.3. The Hall–Kier alpha value is -2.34. The molecule has 0 saturated carbocycles. The van der Waals surface area contributed by atoms with Crippen molar-refractivity contribution in [2.75, 3.05) is 0 Å². The number of nitrogens with zero attached hydrogens (tertiary/aromatic N) is 3. The predicted octanol–water partition coefficient (Wildman–Crippen LogP) is 1.19. The molecule has 0 radical (unpaired) electrons. The highest BCUT2D eigenvalue weighted by Gasteiger charge is 2.06. The van der Waals surface area contributed by atoms with Crippen LogP contribution in [0, 0.1) is 6.92 Å². The summed E-state index contributed by atoms with van der Waals surface area (Å²) in [6.45, 7) is 2.24. The largest absolute Gasteiger partial charge is 0.328 e. The molecule has 0 bridgehead atoms. The molecule has 1 N–H and O–H groups in total. The van der Waals surface area contributed by atoms with Crippen LogP contribution in [0.2, 0.25) is 5.02 Å². The number of aromatic nitrogens is 4. The van der Waals surface area contributed by atoms with Gasteiger partial charge in [-0.15, -0.1) is 0 Å². The molecule has 0 fully saturated rings. The number of imidazole rings is 1. The minimum Gasteiger partial charge on any atom is -0.306 e. The Bertz CT molecular complexity index is 907. The van der Waals surface area contributed by atoms with Crippen molar-refractivity contribution < 1.29 is 0 Å². The maximum absolute atomic E-state index is 11.7. The Kier molecular flexibility index (Phi) is 2.94. The lowest BCUT2D eigenvalue weighted by Crippen LogP contribution is -2.30. The number of pyridine rings is 1. The van der Waals surface area contributed by atoms with Gasteiger partial charge in [0.15, 0.2) is 0 Å². The number of aromatic amines is 1. The minimum atomic E-state index is -0.585. The van der Waals surface area contributed by atoms with Gasteiger partial charge in [0.1, 0.15) is 10.7 Å². The van der Waals surface area contributed by atoms with Crippen LogP contribution in [-0.2, 0) is 6.54 Å².